The van der Waals surface area contributed by atoms with Crippen LogP contribution < -0.4 is 10.6 Å². The van der Waals surface area contributed by atoms with Crippen LogP contribution in [0.4, 0.5) is 0 Å². The van der Waals surface area contributed by atoms with E-state index in [0.29, 0.717) is 13.1 Å². The van der Waals surface area contributed by atoms with Crippen molar-refractivity contribution in [2.45, 2.75) is 76.8 Å². The summed E-state index contributed by atoms with van der Waals surface area (Å²) in [7, 11) is 0. The molecule has 0 spiro atoms. The molecule has 0 radical (unpaired) electrons. The van der Waals surface area contributed by atoms with Crippen molar-refractivity contribution >= 4 is 11.8 Å². The zero-order valence-corrected chi connectivity index (χ0v) is 14.0. The third kappa shape index (κ3) is 2.86. The van der Waals surface area contributed by atoms with Crippen LogP contribution >= 0.6 is 0 Å². The van der Waals surface area contributed by atoms with Gasteiger partial charge in [-0.2, -0.15) is 0 Å². The molecule has 1 unspecified atom stereocenters. The Morgan fingerprint density at radius 2 is 1.59 bits per heavy atom. The number of hydrogen-bond donors (Lipinski definition) is 2. The minimum atomic E-state index is -1.02. The molecule has 0 saturated carbocycles. The molecule has 6 nitrogen and oxygen atoms in total. The van der Waals surface area contributed by atoms with Gasteiger partial charge in [-0.3, -0.25) is 9.59 Å². The fraction of sp³-hybridized carbons (Fsp3) is 0.875. The van der Waals surface area contributed by atoms with Gasteiger partial charge in [-0.1, -0.05) is 26.7 Å². The van der Waals surface area contributed by atoms with Crippen molar-refractivity contribution in [3.63, 3.8) is 0 Å². The predicted molar refractivity (Wildman–Crippen MR) is 82.4 cm³/mol. The molecule has 0 aromatic heterocycles. The maximum atomic E-state index is 12.5. The maximum absolute atomic E-state index is 12.5. The highest BCUT2D eigenvalue weighted by Crippen LogP contribution is 2.56. The van der Waals surface area contributed by atoms with Crippen LogP contribution in [0.2, 0.25) is 0 Å². The van der Waals surface area contributed by atoms with Crippen molar-refractivity contribution in [1.82, 2.24) is 10.6 Å². The molecule has 2 rings (SSSR count). The molecule has 2 fully saturated rings. The molecule has 0 aliphatic carbocycles. The molecule has 22 heavy (non-hydrogen) atoms. The van der Waals surface area contributed by atoms with Crippen LogP contribution in [-0.4, -0.2) is 48.3 Å². The smallest absolute Gasteiger partial charge is 0.258 e. The molecule has 6 heteroatoms. The van der Waals surface area contributed by atoms with Crippen LogP contribution in [0.5, 0.6) is 0 Å². The summed E-state index contributed by atoms with van der Waals surface area (Å²) in [5.41, 5.74) is -1.83. The topological polar surface area (TPSA) is 80.0 Å². The van der Waals surface area contributed by atoms with Gasteiger partial charge in [-0.25, -0.2) is 0 Å². The van der Waals surface area contributed by atoms with E-state index in [1.807, 2.05) is 13.8 Å². The molecule has 2 aliphatic heterocycles. The first kappa shape index (κ1) is 17.2. The van der Waals surface area contributed by atoms with E-state index in [2.05, 4.69) is 24.5 Å². The molecule has 0 bridgehead atoms. The van der Waals surface area contributed by atoms with Gasteiger partial charge < -0.3 is 20.1 Å². The van der Waals surface area contributed by atoms with E-state index in [0.717, 1.165) is 25.7 Å². The summed E-state index contributed by atoms with van der Waals surface area (Å²) in [5.74, 6) is -0.355. The molecule has 0 aromatic rings. The second-order valence-electron chi connectivity index (χ2n) is 6.58. The number of fused-ring (bicyclic) bond motifs is 1. The van der Waals surface area contributed by atoms with Crippen LogP contribution in [-0.2, 0) is 19.1 Å². The van der Waals surface area contributed by atoms with Crippen molar-refractivity contribution in [2.75, 3.05) is 13.1 Å². The number of unbranched alkanes of at least 4 members (excludes halogenated alkanes) is 2. The summed E-state index contributed by atoms with van der Waals surface area (Å²) in [6.07, 6.45) is 2.69. The minimum absolute atomic E-state index is 0.167. The molecule has 0 aromatic carbocycles. The number of ether oxygens (including phenoxy) is 2. The summed E-state index contributed by atoms with van der Waals surface area (Å²) in [6, 6.07) is 0. The Hall–Kier alpha value is -1.14. The monoisotopic (exact) mass is 312 g/mol. The molecule has 2 amide bonds. The number of epoxide rings is 1. The molecular formula is C16H28N2O4. The van der Waals surface area contributed by atoms with Crippen molar-refractivity contribution < 1.29 is 19.1 Å². The van der Waals surface area contributed by atoms with Gasteiger partial charge in [-0.15, -0.1) is 0 Å². The average Bonchev–Trinajstić information content (AvgIpc) is 3.17. The Balaban J connectivity index is 1.98. The summed E-state index contributed by atoms with van der Waals surface area (Å²) in [5, 5.41) is 5.75. The van der Waals surface area contributed by atoms with Crippen LogP contribution in [0.3, 0.4) is 0 Å². The molecule has 2 N–H and O–H groups in total. The van der Waals surface area contributed by atoms with Gasteiger partial charge in [0.05, 0.1) is 0 Å². The average molecular weight is 312 g/mol. The summed E-state index contributed by atoms with van der Waals surface area (Å²) >= 11 is 0. The Labute approximate surface area is 132 Å². The number of carbonyl (C=O) groups excluding carboxylic acids is 2. The standard InChI is InChI=1S/C16H28N2O4/c1-5-7-9-17-13(19)11-12-16(22-12,15(3,4)21-11)14(20)18-10-8-6-2/h11-12H,5-10H2,1-4H3,(H,17,19)(H,18,20)/t11-,12-,16?/m1/s1. The SMILES string of the molecule is CCCCNC(=O)[C@@H]1OC(C)(C)C2(C(=O)NCCCC)O[C@H]12. The molecule has 2 heterocycles. The van der Waals surface area contributed by atoms with Gasteiger partial charge in [0.1, 0.15) is 11.7 Å². The first-order chi connectivity index (χ1) is 10.4. The molecule has 126 valence electrons. The third-order valence-corrected chi connectivity index (χ3v) is 4.49. The van der Waals surface area contributed by atoms with Gasteiger partial charge >= 0.3 is 0 Å². The highest BCUT2D eigenvalue weighted by Gasteiger charge is 2.80. The van der Waals surface area contributed by atoms with E-state index in [1.165, 1.54) is 0 Å². The fourth-order valence-electron chi connectivity index (χ4n) is 3.04. The third-order valence-electron chi connectivity index (χ3n) is 4.49. The van der Waals surface area contributed by atoms with Gasteiger partial charge in [-0.05, 0) is 26.7 Å². The lowest BCUT2D eigenvalue weighted by molar-refractivity contribution is -0.156. The number of rotatable bonds is 8. The normalized spacial score (nSPS) is 31.5. The van der Waals surface area contributed by atoms with Crippen LogP contribution in [0, 0.1) is 0 Å². The fourth-order valence-corrected chi connectivity index (χ4v) is 3.04. The Bertz CT molecular complexity index is 438. The number of nitrogens with one attached hydrogen (secondary N) is 2. The lowest BCUT2D eigenvalue weighted by Gasteiger charge is -2.28. The van der Waals surface area contributed by atoms with Crippen molar-refractivity contribution in [2.24, 2.45) is 0 Å². The first-order valence-electron chi connectivity index (χ1n) is 8.32. The van der Waals surface area contributed by atoms with Crippen molar-refractivity contribution in [3.05, 3.63) is 0 Å². The van der Waals surface area contributed by atoms with E-state index in [4.69, 9.17) is 9.47 Å². The van der Waals surface area contributed by atoms with Crippen molar-refractivity contribution in [1.29, 1.82) is 0 Å². The van der Waals surface area contributed by atoms with Gasteiger partial charge in [0.2, 0.25) is 5.60 Å². The number of amides is 2. The zero-order chi connectivity index (χ0) is 16.4. The lowest BCUT2D eigenvalue weighted by atomic mass is 9.88. The molecular weight excluding hydrogens is 284 g/mol. The van der Waals surface area contributed by atoms with E-state index in [9.17, 15) is 9.59 Å². The van der Waals surface area contributed by atoms with E-state index in [1.54, 1.807) is 0 Å². The van der Waals surface area contributed by atoms with Gasteiger partial charge in [0.15, 0.2) is 6.10 Å². The van der Waals surface area contributed by atoms with Gasteiger partial charge in [0.25, 0.3) is 11.8 Å². The van der Waals surface area contributed by atoms with Crippen LogP contribution in [0.1, 0.15) is 53.4 Å². The highest BCUT2D eigenvalue weighted by molar-refractivity contribution is 5.94. The summed E-state index contributed by atoms with van der Waals surface area (Å²) < 4.78 is 11.5. The summed E-state index contributed by atoms with van der Waals surface area (Å²) in [6.45, 7) is 9.00. The molecule has 2 aliphatic rings. The van der Waals surface area contributed by atoms with Crippen LogP contribution in [0.15, 0.2) is 0 Å². The van der Waals surface area contributed by atoms with E-state index in [-0.39, 0.29) is 11.8 Å². The van der Waals surface area contributed by atoms with Gasteiger partial charge in [0, 0.05) is 13.1 Å². The van der Waals surface area contributed by atoms with Crippen molar-refractivity contribution in [3.8, 4) is 0 Å². The Kier molecular flexibility index (Phi) is 5.12. The quantitative estimate of drug-likeness (QED) is 0.520. The maximum Gasteiger partial charge on any atom is 0.258 e. The highest BCUT2D eigenvalue weighted by atomic mass is 16.7. The first-order valence-corrected chi connectivity index (χ1v) is 8.32. The minimum Gasteiger partial charge on any atom is -0.356 e. The number of hydrogen-bond acceptors (Lipinski definition) is 4. The largest absolute Gasteiger partial charge is 0.356 e. The number of carbonyl (C=O) groups is 2. The Morgan fingerprint density at radius 3 is 2.14 bits per heavy atom. The van der Waals surface area contributed by atoms with E-state index < -0.39 is 23.4 Å². The predicted octanol–water partition coefficient (Wildman–Crippen LogP) is 1.13. The van der Waals surface area contributed by atoms with Crippen LogP contribution in [0.25, 0.3) is 0 Å². The molecule has 2 saturated heterocycles. The summed E-state index contributed by atoms with van der Waals surface area (Å²) in [4.78, 5) is 24.7. The second kappa shape index (κ2) is 6.54. The Morgan fingerprint density at radius 1 is 1.00 bits per heavy atom. The second-order valence-corrected chi connectivity index (χ2v) is 6.58. The van der Waals surface area contributed by atoms with E-state index >= 15 is 0 Å². The molecule has 3 atom stereocenters. The zero-order valence-electron chi connectivity index (χ0n) is 14.0. The lowest BCUT2D eigenvalue weighted by Crippen LogP contribution is -2.50.